The third kappa shape index (κ3) is 3.96. The minimum atomic E-state index is 0.830. The molecule has 0 radical (unpaired) electrons. The second-order valence-electron chi connectivity index (χ2n) is 5.93. The second-order valence-corrected chi connectivity index (χ2v) is 6.84. The van der Waals surface area contributed by atoms with E-state index >= 15 is 0 Å². The van der Waals surface area contributed by atoms with Crippen LogP contribution in [0.15, 0.2) is 0 Å². The van der Waals surface area contributed by atoms with Gasteiger partial charge in [-0.3, -0.25) is 0 Å². The Kier molecular flexibility index (Phi) is 5.02. The first kappa shape index (κ1) is 12.8. The van der Waals surface area contributed by atoms with Crippen molar-refractivity contribution in [1.82, 2.24) is 5.32 Å². The van der Waals surface area contributed by atoms with Crippen molar-refractivity contribution < 1.29 is 0 Å². The molecule has 2 aliphatic rings. The van der Waals surface area contributed by atoms with Gasteiger partial charge in [-0.25, -0.2) is 0 Å². The highest BCUT2D eigenvalue weighted by Gasteiger charge is 2.34. The molecule has 2 fully saturated rings. The fourth-order valence-electron chi connectivity index (χ4n) is 3.12. The van der Waals surface area contributed by atoms with Gasteiger partial charge >= 0.3 is 0 Å². The topological polar surface area (TPSA) is 12.0 Å². The highest BCUT2D eigenvalue weighted by atomic mass is 32.2. The summed E-state index contributed by atoms with van der Waals surface area (Å²) < 4.78 is 0. The minimum Gasteiger partial charge on any atom is -0.314 e. The van der Waals surface area contributed by atoms with E-state index in [1.165, 1.54) is 50.8 Å². The quantitative estimate of drug-likeness (QED) is 0.763. The maximum Gasteiger partial charge on any atom is 0.00699 e. The van der Waals surface area contributed by atoms with Gasteiger partial charge in [0.15, 0.2) is 0 Å². The molecule has 0 aromatic rings. The second kappa shape index (κ2) is 6.30. The molecule has 1 N–H and O–H groups in total. The lowest BCUT2D eigenvalue weighted by Gasteiger charge is -2.30. The van der Waals surface area contributed by atoms with Crippen molar-refractivity contribution in [2.24, 2.45) is 17.8 Å². The number of thioether (sulfide) groups is 1. The average molecular weight is 241 g/mol. The van der Waals surface area contributed by atoms with Gasteiger partial charge in [-0.2, -0.15) is 11.8 Å². The lowest BCUT2D eigenvalue weighted by Crippen LogP contribution is -2.37. The summed E-state index contributed by atoms with van der Waals surface area (Å²) in [6.07, 6.45) is 11.1. The van der Waals surface area contributed by atoms with Gasteiger partial charge in [-0.05, 0) is 62.0 Å². The summed E-state index contributed by atoms with van der Waals surface area (Å²) in [5.74, 6) is 4.32. The number of hydrogen-bond donors (Lipinski definition) is 1. The van der Waals surface area contributed by atoms with Crippen LogP contribution in [-0.2, 0) is 0 Å². The van der Waals surface area contributed by atoms with Crippen molar-refractivity contribution in [3.63, 3.8) is 0 Å². The Morgan fingerprint density at radius 1 is 1.19 bits per heavy atom. The van der Waals surface area contributed by atoms with E-state index in [4.69, 9.17) is 0 Å². The highest BCUT2D eigenvalue weighted by molar-refractivity contribution is 7.98. The van der Waals surface area contributed by atoms with E-state index in [1.54, 1.807) is 0 Å². The summed E-state index contributed by atoms with van der Waals surface area (Å²) in [5, 5.41) is 3.81. The van der Waals surface area contributed by atoms with Crippen molar-refractivity contribution >= 4 is 11.8 Å². The molecule has 2 aliphatic carbocycles. The zero-order valence-electron chi connectivity index (χ0n) is 10.9. The Balaban J connectivity index is 1.64. The van der Waals surface area contributed by atoms with Gasteiger partial charge in [-0.1, -0.05) is 19.8 Å². The monoisotopic (exact) mass is 241 g/mol. The summed E-state index contributed by atoms with van der Waals surface area (Å²) in [7, 11) is 0. The van der Waals surface area contributed by atoms with Crippen molar-refractivity contribution in [3.8, 4) is 0 Å². The fourth-order valence-corrected chi connectivity index (χ4v) is 3.81. The molecular formula is C14H27NS. The Labute approximate surface area is 105 Å². The lowest BCUT2D eigenvalue weighted by molar-refractivity contribution is 0.256. The van der Waals surface area contributed by atoms with E-state index in [0.29, 0.717) is 0 Å². The van der Waals surface area contributed by atoms with Crippen LogP contribution in [0.2, 0.25) is 0 Å². The number of rotatable bonds is 6. The van der Waals surface area contributed by atoms with Crippen LogP contribution in [0, 0.1) is 17.8 Å². The van der Waals surface area contributed by atoms with E-state index in [9.17, 15) is 0 Å². The molecule has 16 heavy (non-hydrogen) atoms. The zero-order valence-corrected chi connectivity index (χ0v) is 11.7. The van der Waals surface area contributed by atoms with Crippen LogP contribution < -0.4 is 5.32 Å². The van der Waals surface area contributed by atoms with Gasteiger partial charge in [0.25, 0.3) is 0 Å². The molecule has 2 rings (SSSR count). The van der Waals surface area contributed by atoms with E-state index in [2.05, 4.69) is 18.5 Å². The van der Waals surface area contributed by atoms with Gasteiger partial charge in [0.1, 0.15) is 0 Å². The lowest BCUT2D eigenvalue weighted by atomic mass is 9.82. The Hall–Kier alpha value is 0.310. The van der Waals surface area contributed by atoms with Crippen molar-refractivity contribution in [2.45, 2.75) is 51.5 Å². The smallest absolute Gasteiger partial charge is 0.00699 e. The third-order valence-corrected chi connectivity index (χ3v) is 5.11. The maximum absolute atomic E-state index is 3.81. The van der Waals surface area contributed by atoms with Gasteiger partial charge in [0.2, 0.25) is 0 Å². The van der Waals surface area contributed by atoms with E-state index < -0.39 is 0 Å². The molecule has 3 unspecified atom stereocenters. The molecule has 0 aromatic carbocycles. The first-order valence-corrected chi connectivity index (χ1v) is 8.41. The largest absolute Gasteiger partial charge is 0.314 e. The van der Waals surface area contributed by atoms with Crippen molar-refractivity contribution in [2.75, 3.05) is 18.6 Å². The van der Waals surface area contributed by atoms with E-state index in [0.717, 1.165) is 23.8 Å². The molecule has 0 saturated heterocycles. The van der Waals surface area contributed by atoms with E-state index in [-0.39, 0.29) is 0 Å². The van der Waals surface area contributed by atoms with Gasteiger partial charge < -0.3 is 5.32 Å². The molecule has 94 valence electrons. The Morgan fingerprint density at radius 2 is 2.00 bits per heavy atom. The fraction of sp³-hybridized carbons (Fsp3) is 1.00. The Morgan fingerprint density at radius 3 is 2.69 bits per heavy atom. The normalized spacial score (nSPS) is 32.6. The number of hydrogen-bond acceptors (Lipinski definition) is 2. The molecule has 2 saturated carbocycles. The molecule has 3 atom stereocenters. The molecule has 0 aromatic heterocycles. The highest BCUT2D eigenvalue weighted by Crippen LogP contribution is 2.43. The van der Waals surface area contributed by atoms with Crippen LogP contribution in [0.25, 0.3) is 0 Å². The first-order chi connectivity index (χ1) is 7.79. The van der Waals surface area contributed by atoms with Crippen molar-refractivity contribution in [3.05, 3.63) is 0 Å². The predicted molar refractivity (Wildman–Crippen MR) is 74.0 cm³/mol. The van der Waals surface area contributed by atoms with Gasteiger partial charge in [0, 0.05) is 6.04 Å². The Bertz CT molecular complexity index is 203. The summed E-state index contributed by atoms with van der Waals surface area (Å²) >= 11 is 1.97. The molecule has 0 spiro atoms. The third-order valence-electron chi connectivity index (χ3n) is 4.21. The van der Waals surface area contributed by atoms with Gasteiger partial charge in [0.05, 0.1) is 0 Å². The standard InChI is InChI=1S/C14H27NS/c1-11(10-16-2)9-15-14-5-3-4-13(8-14)12-6-7-12/h11-15H,3-10H2,1-2H3. The summed E-state index contributed by atoms with van der Waals surface area (Å²) in [5.41, 5.74) is 0. The van der Waals surface area contributed by atoms with Crippen LogP contribution in [-0.4, -0.2) is 24.6 Å². The summed E-state index contributed by atoms with van der Waals surface area (Å²) in [4.78, 5) is 0. The molecule has 0 heterocycles. The van der Waals surface area contributed by atoms with Crippen LogP contribution in [0.1, 0.15) is 45.4 Å². The maximum atomic E-state index is 3.81. The summed E-state index contributed by atoms with van der Waals surface area (Å²) in [6.45, 7) is 3.59. The molecule has 0 bridgehead atoms. The minimum absolute atomic E-state index is 0.830. The van der Waals surface area contributed by atoms with Crippen LogP contribution in [0.4, 0.5) is 0 Å². The first-order valence-electron chi connectivity index (χ1n) is 7.02. The van der Waals surface area contributed by atoms with Crippen LogP contribution >= 0.6 is 11.8 Å². The predicted octanol–water partition coefficient (Wildman–Crippen LogP) is 3.54. The molecular weight excluding hydrogens is 214 g/mol. The number of nitrogens with one attached hydrogen (secondary N) is 1. The van der Waals surface area contributed by atoms with Gasteiger partial charge in [-0.15, -0.1) is 0 Å². The van der Waals surface area contributed by atoms with E-state index in [1.807, 2.05) is 11.8 Å². The summed E-state index contributed by atoms with van der Waals surface area (Å²) in [6, 6.07) is 0.837. The molecule has 0 aliphatic heterocycles. The van der Waals surface area contributed by atoms with Crippen LogP contribution in [0.3, 0.4) is 0 Å². The zero-order chi connectivity index (χ0) is 11.4. The SMILES string of the molecule is CSCC(C)CNC1CCCC(C2CC2)C1. The molecule has 2 heteroatoms. The molecule has 0 amide bonds. The molecule has 1 nitrogen and oxygen atoms in total. The average Bonchev–Trinajstić information content (AvgIpc) is 3.11. The van der Waals surface area contributed by atoms with Crippen LogP contribution in [0.5, 0.6) is 0 Å². The van der Waals surface area contributed by atoms with Crippen molar-refractivity contribution in [1.29, 1.82) is 0 Å².